The van der Waals surface area contributed by atoms with Crippen LogP contribution in [0.3, 0.4) is 0 Å². The highest BCUT2D eigenvalue weighted by molar-refractivity contribution is 5.91. The maximum Gasteiger partial charge on any atom is 0.433 e. The normalized spacial score (nSPS) is 12.4. The van der Waals surface area contributed by atoms with Gasteiger partial charge >= 0.3 is 5.88 Å². The van der Waals surface area contributed by atoms with E-state index in [4.69, 9.17) is 4.42 Å². The fourth-order valence-corrected chi connectivity index (χ4v) is 1.75. The molecular formula is C13H20N2O4. The van der Waals surface area contributed by atoms with Crippen molar-refractivity contribution in [3.63, 3.8) is 0 Å². The van der Waals surface area contributed by atoms with E-state index in [0.29, 0.717) is 5.92 Å². The maximum absolute atomic E-state index is 11.8. The molecule has 6 heteroatoms. The third kappa shape index (κ3) is 5.11. The van der Waals surface area contributed by atoms with Crippen LogP contribution in [0.4, 0.5) is 5.88 Å². The highest BCUT2D eigenvalue weighted by atomic mass is 16.6. The lowest BCUT2D eigenvalue weighted by Crippen LogP contribution is -2.32. The van der Waals surface area contributed by atoms with Gasteiger partial charge in [0.25, 0.3) is 5.91 Å². The summed E-state index contributed by atoms with van der Waals surface area (Å²) >= 11 is 0. The van der Waals surface area contributed by atoms with Crippen LogP contribution in [0.1, 0.15) is 50.6 Å². The molecule has 1 unspecified atom stereocenters. The minimum Gasteiger partial charge on any atom is -0.395 e. The summed E-state index contributed by atoms with van der Waals surface area (Å²) in [6.45, 7) is 6.23. The molecule has 6 nitrogen and oxygen atoms in total. The molecule has 0 aliphatic carbocycles. The number of hydrogen-bond donors (Lipinski definition) is 1. The fraction of sp³-hybridized carbons (Fsp3) is 0.615. The molecule has 0 saturated heterocycles. The lowest BCUT2D eigenvalue weighted by atomic mass is 10.0. The van der Waals surface area contributed by atoms with Crippen LogP contribution in [0.25, 0.3) is 0 Å². The van der Waals surface area contributed by atoms with Gasteiger partial charge in [-0.2, -0.15) is 0 Å². The summed E-state index contributed by atoms with van der Waals surface area (Å²) in [5.41, 5.74) is 0. The number of hydrogen-bond acceptors (Lipinski definition) is 4. The highest BCUT2D eigenvalue weighted by Crippen LogP contribution is 2.16. The number of amides is 1. The molecule has 0 saturated carbocycles. The van der Waals surface area contributed by atoms with Crippen LogP contribution in [0.5, 0.6) is 0 Å². The van der Waals surface area contributed by atoms with Crippen molar-refractivity contribution in [3.8, 4) is 0 Å². The molecule has 0 aliphatic rings. The Balaban J connectivity index is 2.42. The first kappa shape index (κ1) is 15.2. The Hall–Kier alpha value is -1.85. The van der Waals surface area contributed by atoms with Crippen molar-refractivity contribution >= 4 is 11.8 Å². The van der Waals surface area contributed by atoms with E-state index < -0.39 is 16.7 Å². The Bertz CT molecular complexity index is 440. The second kappa shape index (κ2) is 6.92. The number of nitrogens with one attached hydrogen (secondary N) is 1. The van der Waals surface area contributed by atoms with Gasteiger partial charge in [-0.15, -0.1) is 0 Å². The van der Waals surface area contributed by atoms with E-state index in [-0.39, 0.29) is 11.8 Å². The predicted octanol–water partition coefficient (Wildman–Crippen LogP) is 3.13. The number of rotatable bonds is 7. The molecule has 0 aliphatic heterocycles. The Morgan fingerprint density at radius 3 is 2.58 bits per heavy atom. The molecule has 0 spiro atoms. The van der Waals surface area contributed by atoms with Crippen LogP contribution in [-0.4, -0.2) is 16.9 Å². The van der Waals surface area contributed by atoms with Crippen molar-refractivity contribution in [2.24, 2.45) is 5.92 Å². The molecule has 1 amide bonds. The van der Waals surface area contributed by atoms with E-state index in [1.807, 2.05) is 6.92 Å². The molecule has 1 atom stereocenters. The minimum atomic E-state index is -0.664. The molecule has 1 rings (SSSR count). The van der Waals surface area contributed by atoms with Gasteiger partial charge in [0.15, 0.2) is 5.76 Å². The number of nitrogens with zero attached hydrogens (tertiary/aromatic N) is 1. The zero-order chi connectivity index (χ0) is 14.4. The molecule has 19 heavy (non-hydrogen) atoms. The van der Waals surface area contributed by atoms with Gasteiger partial charge in [-0.05, 0) is 25.3 Å². The summed E-state index contributed by atoms with van der Waals surface area (Å²) in [5, 5.41) is 13.2. The van der Waals surface area contributed by atoms with Crippen molar-refractivity contribution in [3.05, 3.63) is 28.0 Å². The fourth-order valence-electron chi connectivity index (χ4n) is 1.75. The van der Waals surface area contributed by atoms with Gasteiger partial charge in [-0.25, -0.2) is 0 Å². The summed E-state index contributed by atoms with van der Waals surface area (Å²) in [4.78, 5) is 21.5. The number of carbonyl (C=O) groups is 1. The largest absolute Gasteiger partial charge is 0.433 e. The standard InChI is InChI=1S/C13H20N2O4/c1-9(2)5-4-6-10(3)14-13(16)11-7-8-12(19-11)15(17)18/h7-10H,4-6H2,1-3H3,(H,14,16). The SMILES string of the molecule is CC(C)CCCC(C)NC(=O)c1ccc([N+](=O)[O-])o1. The molecule has 1 aromatic heterocycles. The highest BCUT2D eigenvalue weighted by Gasteiger charge is 2.18. The Morgan fingerprint density at radius 2 is 2.05 bits per heavy atom. The number of furan rings is 1. The third-order valence-electron chi connectivity index (χ3n) is 2.79. The quantitative estimate of drug-likeness (QED) is 0.608. The van der Waals surface area contributed by atoms with Crippen LogP contribution >= 0.6 is 0 Å². The van der Waals surface area contributed by atoms with Gasteiger partial charge in [0.2, 0.25) is 0 Å². The van der Waals surface area contributed by atoms with Crippen molar-refractivity contribution < 1.29 is 14.1 Å². The molecule has 0 bridgehead atoms. The average molecular weight is 268 g/mol. The van der Waals surface area contributed by atoms with E-state index in [0.717, 1.165) is 19.3 Å². The minimum absolute atomic E-state index is 0.0235. The van der Waals surface area contributed by atoms with Gasteiger partial charge in [-0.1, -0.05) is 26.7 Å². The monoisotopic (exact) mass is 268 g/mol. The second-order valence-corrected chi connectivity index (χ2v) is 5.09. The molecule has 106 valence electrons. The lowest BCUT2D eigenvalue weighted by Gasteiger charge is -2.13. The summed E-state index contributed by atoms with van der Waals surface area (Å²) in [5.74, 6) is -0.208. The molecule has 0 fully saturated rings. The van der Waals surface area contributed by atoms with E-state index in [1.54, 1.807) is 0 Å². The van der Waals surface area contributed by atoms with E-state index in [1.165, 1.54) is 12.1 Å². The zero-order valence-corrected chi connectivity index (χ0v) is 11.5. The topological polar surface area (TPSA) is 85.4 Å². The Kier molecular flexibility index (Phi) is 5.54. The lowest BCUT2D eigenvalue weighted by molar-refractivity contribution is -0.402. The van der Waals surface area contributed by atoms with Gasteiger partial charge in [0, 0.05) is 6.04 Å². The third-order valence-corrected chi connectivity index (χ3v) is 2.79. The van der Waals surface area contributed by atoms with Crippen molar-refractivity contribution in [1.29, 1.82) is 0 Å². The summed E-state index contributed by atoms with van der Waals surface area (Å²) in [6.07, 6.45) is 3.04. The molecule has 0 aromatic carbocycles. The first-order chi connectivity index (χ1) is 8.90. The van der Waals surface area contributed by atoms with Crippen molar-refractivity contribution in [2.75, 3.05) is 0 Å². The van der Waals surface area contributed by atoms with E-state index in [9.17, 15) is 14.9 Å². The van der Waals surface area contributed by atoms with Crippen LogP contribution in [0, 0.1) is 16.0 Å². The van der Waals surface area contributed by atoms with Crippen LogP contribution < -0.4 is 5.32 Å². The summed E-state index contributed by atoms with van der Waals surface area (Å²) in [6, 6.07) is 2.52. The predicted molar refractivity (Wildman–Crippen MR) is 71.0 cm³/mol. The molecule has 1 aromatic rings. The first-order valence-electron chi connectivity index (χ1n) is 6.45. The van der Waals surface area contributed by atoms with Gasteiger partial charge in [-0.3, -0.25) is 14.9 Å². The van der Waals surface area contributed by atoms with Gasteiger partial charge in [0.1, 0.15) is 4.92 Å². The molecular weight excluding hydrogens is 248 g/mol. The summed E-state index contributed by atoms with van der Waals surface area (Å²) in [7, 11) is 0. The second-order valence-electron chi connectivity index (χ2n) is 5.09. The Morgan fingerprint density at radius 1 is 1.37 bits per heavy atom. The van der Waals surface area contributed by atoms with Crippen molar-refractivity contribution in [1.82, 2.24) is 5.32 Å². The molecule has 1 N–H and O–H groups in total. The smallest absolute Gasteiger partial charge is 0.395 e. The van der Waals surface area contributed by atoms with Crippen LogP contribution in [0.2, 0.25) is 0 Å². The van der Waals surface area contributed by atoms with Crippen molar-refractivity contribution in [2.45, 2.75) is 46.1 Å². The number of nitro groups is 1. The molecule has 1 heterocycles. The van der Waals surface area contributed by atoms with Gasteiger partial charge < -0.3 is 9.73 Å². The molecule has 0 radical (unpaired) electrons. The van der Waals surface area contributed by atoms with Gasteiger partial charge in [0.05, 0.1) is 6.07 Å². The summed E-state index contributed by atoms with van der Waals surface area (Å²) < 4.78 is 4.84. The van der Waals surface area contributed by atoms with Crippen LogP contribution in [0.15, 0.2) is 16.5 Å². The number of carbonyl (C=O) groups excluding carboxylic acids is 1. The van der Waals surface area contributed by atoms with E-state index >= 15 is 0 Å². The average Bonchev–Trinajstić information content (AvgIpc) is 2.77. The van der Waals surface area contributed by atoms with E-state index in [2.05, 4.69) is 19.2 Å². The van der Waals surface area contributed by atoms with Crippen LogP contribution in [-0.2, 0) is 0 Å². The maximum atomic E-state index is 11.8. The Labute approximate surface area is 112 Å². The first-order valence-corrected chi connectivity index (χ1v) is 6.45. The zero-order valence-electron chi connectivity index (χ0n) is 11.5.